The molecule has 0 aliphatic heterocycles. The van der Waals surface area contributed by atoms with Crippen LogP contribution in [-0.4, -0.2) is 50.9 Å². The third-order valence-corrected chi connectivity index (χ3v) is 6.66. The van der Waals surface area contributed by atoms with Crippen LogP contribution in [0.1, 0.15) is 57.7 Å². The number of amides is 3. The SMILES string of the molecule is CN(C(=O)c1cccc(=O)n1Cc1cc2nc(N(C(=O)OC(C)(C)C)C(=O)OC(C)(C)C)c(Br)cc2[nH]1)c1ccc(F)cc1. The van der Waals surface area contributed by atoms with Crippen molar-refractivity contribution >= 4 is 56.6 Å². The lowest BCUT2D eigenvalue weighted by molar-refractivity contribution is 0.0428. The summed E-state index contributed by atoms with van der Waals surface area (Å²) in [6.45, 7) is 10.0. The van der Waals surface area contributed by atoms with E-state index in [0.29, 0.717) is 26.9 Å². The third-order valence-electron chi connectivity index (χ3n) is 6.07. The number of ether oxygens (including phenoxy) is 2. The molecular weight excluding hydrogens is 637 g/mol. The number of pyridine rings is 2. The molecule has 13 heteroatoms. The smallest absolute Gasteiger partial charge is 0.425 e. The van der Waals surface area contributed by atoms with E-state index < -0.39 is 40.7 Å². The van der Waals surface area contributed by atoms with Crippen LogP contribution < -0.4 is 15.4 Å². The minimum Gasteiger partial charge on any atom is -0.443 e. The van der Waals surface area contributed by atoms with Crippen molar-refractivity contribution in [3.8, 4) is 0 Å². The Morgan fingerprint density at radius 3 is 2.11 bits per heavy atom. The molecule has 4 aromatic rings. The molecule has 1 N–H and O–H groups in total. The summed E-state index contributed by atoms with van der Waals surface area (Å²) in [6.07, 6.45) is -1.95. The van der Waals surface area contributed by atoms with Crippen molar-refractivity contribution in [2.75, 3.05) is 16.8 Å². The van der Waals surface area contributed by atoms with Gasteiger partial charge < -0.3 is 19.4 Å². The highest BCUT2D eigenvalue weighted by Crippen LogP contribution is 2.31. The maximum Gasteiger partial charge on any atom is 0.425 e. The van der Waals surface area contributed by atoms with E-state index in [1.165, 1.54) is 59.0 Å². The van der Waals surface area contributed by atoms with Gasteiger partial charge in [0, 0.05) is 24.5 Å². The number of benzene rings is 1. The minimum absolute atomic E-state index is 0.0246. The Morgan fingerprint density at radius 1 is 0.955 bits per heavy atom. The molecule has 1 aromatic carbocycles. The number of hydrogen-bond donors (Lipinski definition) is 1. The Labute approximate surface area is 261 Å². The Bertz CT molecular complexity index is 1760. The zero-order chi connectivity index (χ0) is 32.6. The molecule has 0 aliphatic rings. The van der Waals surface area contributed by atoms with Crippen molar-refractivity contribution in [1.82, 2.24) is 14.5 Å². The summed E-state index contributed by atoms with van der Waals surface area (Å²) in [6, 6.07) is 13.0. The van der Waals surface area contributed by atoms with Crippen LogP contribution in [0.5, 0.6) is 0 Å². The van der Waals surface area contributed by atoms with Gasteiger partial charge in [-0.3, -0.25) is 14.2 Å². The fraction of sp³-hybridized carbons (Fsp3) is 0.323. The molecule has 0 saturated heterocycles. The lowest BCUT2D eigenvalue weighted by Gasteiger charge is -2.28. The molecule has 4 rings (SSSR count). The molecule has 232 valence electrons. The lowest BCUT2D eigenvalue weighted by Crippen LogP contribution is -2.44. The van der Waals surface area contributed by atoms with Gasteiger partial charge in [0.05, 0.1) is 22.1 Å². The number of rotatable bonds is 5. The zero-order valence-electron chi connectivity index (χ0n) is 25.4. The molecule has 3 heterocycles. The van der Waals surface area contributed by atoms with Crippen LogP contribution in [0.15, 0.2) is 63.9 Å². The first kappa shape index (κ1) is 32.4. The molecule has 0 saturated carbocycles. The number of aromatic amines is 1. The van der Waals surface area contributed by atoms with Crippen molar-refractivity contribution in [3.63, 3.8) is 0 Å². The minimum atomic E-state index is -0.973. The van der Waals surface area contributed by atoms with E-state index in [1.807, 2.05) is 0 Å². The maximum absolute atomic E-state index is 13.4. The van der Waals surface area contributed by atoms with E-state index in [9.17, 15) is 23.6 Å². The number of H-pyrrole nitrogens is 1. The molecule has 44 heavy (non-hydrogen) atoms. The number of carbonyl (C=O) groups is 3. The van der Waals surface area contributed by atoms with E-state index in [4.69, 9.17) is 9.47 Å². The van der Waals surface area contributed by atoms with Crippen molar-refractivity contribution in [2.24, 2.45) is 0 Å². The number of halogens is 2. The van der Waals surface area contributed by atoms with Crippen molar-refractivity contribution in [1.29, 1.82) is 0 Å². The van der Waals surface area contributed by atoms with E-state index in [1.54, 1.807) is 53.7 Å². The summed E-state index contributed by atoms with van der Waals surface area (Å²) in [5.41, 5.74) is -0.247. The van der Waals surface area contributed by atoms with Gasteiger partial charge in [0.15, 0.2) is 5.82 Å². The number of carbonyl (C=O) groups excluding carboxylic acids is 3. The molecule has 0 fully saturated rings. The number of anilines is 2. The molecule has 0 spiro atoms. The average Bonchev–Trinajstić information content (AvgIpc) is 3.28. The van der Waals surface area contributed by atoms with Crippen molar-refractivity contribution in [2.45, 2.75) is 59.3 Å². The van der Waals surface area contributed by atoms with Gasteiger partial charge in [0.1, 0.15) is 22.7 Å². The monoisotopic (exact) mass is 669 g/mol. The number of fused-ring (bicyclic) bond motifs is 1. The van der Waals surface area contributed by atoms with E-state index >= 15 is 0 Å². The van der Waals surface area contributed by atoms with Crippen LogP contribution in [0.3, 0.4) is 0 Å². The van der Waals surface area contributed by atoms with Crippen LogP contribution >= 0.6 is 15.9 Å². The fourth-order valence-electron chi connectivity index (χ4n) is 4.18. The molecule has 0 bridgehead atoms. The van der Waals surface area contributed by atoms with Crippen LogP contribution in [0.25, 0.3) is 11.0 Å². The number of imide groups is 1. The fourth-order valence-corrected chi connectivity index (χ4v) is 4.67. The number of nitrogens with zero attached hydrogens (tertiary/aromatic N) is 4. The Balaban J connectivity index is 1.71. The van der Waals surface area contributed by atoms with Gasteiger partial charge in [-0.1, -0.05) is 6.07 Å². The molecule has 3 aromatic heterocycles. The molecule has 3 amide bonds. The highest BCUT2D eigenvalue weighted by atomic mass is 79.9. The summed E-state index contributed by atoms with van der Waals surface area (Å²) in [5.74, 6) is -0.965. The summed E-state index contributed by atoms with van der Waals surface area (Å²) < 4.78 is 26.0. The number of hydrogen-bond acceptors (Lipinski definition) is 7. The highest BCUT2D eigenvalue weighted by molar-refractivity contribution is 9.10. The molecule has 0 aliphatic carbocycles. The van der Waals surface area contributed by atoms with Crippen LogP contribution in [0, 0.1) is 5.82 Å². The Hall–Kier alpha value is -4.52. The molecular formula is C31H33BrFN5O6. The standard InChI is InChI=1S/C31H33BrFN5O6/c1-30(2,3)43-28(41)38(29(42)44-31(4,5)6)26-21(32)16-23-22(35-26)15-19(34-23)17-37-24(9-8-10-25(37)39)27(40)36(7)20-13-11-18(33)12-14-20/h8-16,34H,17H2,1-7H3. The summed E-state index contributed by atoms with van der Waals surface area (Å²) in [5, 5.41) is 0. The lowest BCUT2D eigenvalue weighted by atomic mass is 10.2. The quantitative estimate of drug-likeness (QED) is 0.253. The number of nitrogens with one attached hydrogen (secondary N) is 1. The van der Waals surface area contributed by atoms with Gasteiger partial charge in [0.2, 0.25) is 0 Å². The summed E-state index contributed by atoms with van der Waals surface area (Å²) in [4.78, 5) is 62.5. The molecule has 11 nitrogen and oxygen atoms in total. The first-order valence-electron chi connectivity index (χ1n) is 13.6. The Morgan fingerprint density at radius 2 is 1.55 bits per heavy atom. The van der Waals surface area contributed by atoms with E-state index in [2.05, 4.69) is 25.9 Å². The van der Waals surface area contributed by atoms with Gasteiger partial charge in [-0.25, -0.2) is 19.0 Å². The van der Waals surface area contributed by atoms with Crippen LogP contribution in [0.2, 0.25) is 0 Å². The van der Waals surface area contributed by atoms with Gasteiger partial charge in [-0.15, -0.1) is 0 Å². The third kappa shape index (κ3) is 7.51. The van der Waals surface area contributed by atoms with Gasteiger partial charge in [-0.2, -0.15) is 4.90 Å². The molecule has 0 unspecified atom stereocenters. The average molecular weight is 671 g/mol. The second-order valence-electron chi connectivity index (χ2n) is 12.0. The first-order chi connectivity index (χ1) is 20.4. The maximum atomic E-state index is 13.4. The van der Waals surface area contributed by atoms with Crippen LogP contribution in [-0.2, 0) is 16.0 Å². The predicted octanol–water partition coefficient (Wildman–Crippen LogP) is 6.63. The zero-order valence-corrected chi connectivity index (χ0v) is 27.0. The van der Waals surface area contributed by atoms with Crippen molar-refractivity contribution < 1.29 is 28.2 Å². The molecule has 0 radical (unpaired) electrons. The van der Waals surface area contributed by atoms with Gasteiger partial charge in [0.25, 0.3) is 11.5 Å². The largest absolute Gasteiger partial charge is 0.443 e. The van der Waals surface area contributed by atoms with Gasteiger partial charge in [-0.05, 0) is 99.9 Å². The highest BCUT2D eigenvalue weighted by Gasteiger charge is 2.35. The van der Waals surface area contributed by atoms with Crippen molar-refractivity contribution in [3.05, 3.63) is 86.6 Å². The summed E-state index contributed by atoms with van der Waals surface area (Å²) in [7, 11) is 1.53. The topological polar surface area (TPSA) is 127 Å². The normalized spacial score (nSPS) is 11.8. The van der Waals surface area contributed by atoms with E-state index in [-0.39, 0.29) is 18.1 Å². The molecule has 0 atom stereocenters. The van der Waals surface area contributed by atoms with Crippen LogP contribution in [0.4, 0.5) is 25.5 Å². The Kier molecular flexibility index (Phi) is 9.00. The van der Waals surface area contributed by atoms with E-state index in [0.717, 1.165) is 4.90 Å². The number of aromatic nitrogens is 3. The second kappa shape index (κ2) is 12.2. The summed E-state index contributed by atoms with van der Waals surface area (Å²) >= 11 is 3.41. The second-order valence-corrected chi connectivity index (χ2v) is 12.8. The van der Waals surface area contributed by atoms with Gasteiger partial charge >= 0.3 is 12.2 Å². The first-order valence-corrected chi connectivity index (χ1v) is 14.4. The predicted molar refractivity (Wildman–Crippen MR) is 168 cm³/mol.